The zero-order chi connectivity index (χ0) is 15.3. The minimum Gasteiger partial charge on any atom is -0.379 e. The average Bonchev–Trinajstić information content (AvgIpc) is 2.41. The van der Waals surface area contributed by atoms with Crippen molar-refractivity contribution in [1.29, 1.82) is 0 Å². The van der Waals surface area contributed by atoms with Crippen LogP contribution in [0.4, 0.5) is 5.69 Å². The Bertz CT molecular complexity index is 681. The van der Waals surface area contributed by atoms with Gasteiger partial charge in [0.15, 0.2) is 0 Å². The second-order valence-corrected chi connectivity index (χ2v) is 7.98. The molecule has 0 amide bonds. The van der Waals surface area contributed by atoms with Gasteiger partial charge in [-0.25, -0.2) is 0 Å². The molecule has 0 saturated carbocycles. The fraction of sp³-hybridized carbons (Fsp3) is 0.333. The van der Waals surface area contributed by atoms with E-state index >= 15 is 0 Å². The van der Waals surface area contributed by atoms with Gasteiger partial charge in [-0.05, 0) is 59.5 Å². The number of hydrogen-bond acceptors (Lipinski definition) is 1. The van der Waals surface area contributed by atoms with E-state index in [1.54, 1.807) is 0 Å². The molecule has 3 rings (SSSR count). The fourth-order valence-corrected chi connectivity index (χ4v) is 4.47. The Kier molecular flexibility index (Phi) is 3.58. The van der Waals surface area contributed by atoms with Gasteiger partial charge in [0.05, 0.1) is 5.69 Å². The maximum atomic E-state index is 6.31. The summed E-state index contributed by atoms with van der Waals surface area (Å²) in [4.78, 5) is 0. The Morgan fingerprint density at radius 2 is 1.76 bits per heavy atom. The van der Waals surface area contributed by atoms with Gasteiger partial charge < -0.3 is 5.32 Å². The standard InChI is InChI=1S/C18H19BrClN/c1-17(2)11-18(3,12-7-5-4-6-8-12)14-9-13(20)10-15(19)16(14)21-17/h4-10,21H,11H2,1-3H3. The van der Waals surface area contributed by atoms with Crippen LogP contribution in [0.15, 0.2) is 46.9 Å². The van der Waals surface area contributed by atoms with Crippen LogP contribution >= 0.6 is 27.5 Å². The highest BCUT2D eigenvalue weighted by atomic mass is 79.9. The summed E-state index contributed by atoms with van der Waals surface area (Å²) in [6.45, 7) is 6.81. The van der Waals surface area contributed by atoms with E-state index in [0.29, 0.717) is 0 Å². The van der Waals surface area contributed by atoms with Crippen LogP contribution in [-0.4, -0.2) is 5.54 Å². The molecule has 1 atom stereocenters. The monoisotopic (exact) mass is 363 g/mol. The van der Waals surface area contributed by atoms with E-state index in [0.717, 1.165) is 21.6 Å². The Hall–Kier alpha value is -0.990. The van der Waals surface area contributed by atoms with Crippen molar-refractivity contribution < 1.29 is 0 Å². The quantitative estimate of drug-likeness (QED) is 0.654. The molecule has 0 saturated heterocycles. The van der Waals surface area contributed by atoms with E-state index in [4.69, 9.17) is 11.6 Å². The van der Waals surface area contributed by atoms with Crippen molar-refractivity contribution in [1.82, 2.24) is 0 Å². The van der Waals surface area contributed by atoms with E-state index in [1.165, 1.54) is 11.1 Å². The van der Waals surface area contributed by atoms with Crippen LogP contribution in [0, 0.1) is 0 Å². The molecule has 1 N–H and O–H groups in total. The highest BCUT2D eigenvalue weighted by molar-refractivity contribution is 9.10. The van der Waals surface area contributed by atoms with Gasteiger partial charge in [-0.3, -0.25) is 0 Å². The summed E-state index contributed by atoms with van der Waals surface area (Å²) in [6, 6.07) is 14.7. The molecule has 0 aliphatic carbocycles. The number of nitrogens with one attached hydrogen (secondary N) is 1. The molecule has 0 fully saturated rings. The maximum Gasteiger partial charge on any atom is 0.0531 e. The summed E-state index contributed by atoms with van der Waals surface area (Å²) >= 11 is 9.97. The molecule has 0 spiro atoms. The lowest BCUT2D eigenvalue weighted by Crippen LogP contribution is -2.45. The second kappa shape index (κ2) is 5.03. The number of anilines is 1. The van der Waals surface area contributed by atoms with Crippen molar-refractivity contribution in [3.63, 3.8) is 0 Å². The molecule has 1 aliphatic rings. The Morgan fingerprint density at radius 1 is 1.10 bits per heavy atom. The van der Waals surface area contributed by atoms with E-state index in [9.17, 15) is 0 Å². The van der Waals surface area contributed by atoms with Crippen molar-refractivity contribution >= 4 is 33.2 Å². The molecule has 1 heterocycles. The van der Waals surface area contributed by atoms with Crippen LogP contribution in [0.1, 0.15) is 38.3 Å². The van der Waals surface area contributed by atoms with Gasteiger partial charge in [-0.1, -0.05) is 48.9 Å². The van der Waals surface area contributed by atoms with Gasteiger partial charge >= 0.3 is 0 Å². The maximum absolute atomic E-state index is 6.31. The Labute approximate surface area is 139 Å². The first-order valence-corrected chi connectivity index (χ1v) is 8.32. The van der Waals surface area contributed by atoms with Crippen LogP contribution in [0.3, 0.4) is 0 Å². The molecular weight excluding hydrogens is 346 g/mol. The summed E-state index contributed by atoms with van der Waals surface area (Å²) in [7, 11) is 0. The SMILES string of the molecule is CC1(C)CC(C)(c2ccccc2)c2cc(Cl)cc(Br)c2N1. The number of fused-ring (bicyclic) bond motifs is 1. The summed E-state index contributed by atoms with van der Waals surface area (Å²) in [5.74, 6) is 0. The largest absolute Gasteiger partial charge is 0.379 e. The summed E-state index contributed by atoms with van der Waals surface area (Å²) < 4.78 is 1.03. The molecule has 110 valence electrons. The molecule has 3 heteroatoms. The van der Waals surface area contributed by atoms with Gasteiger partial charge in [-0.15, -0.1) is 0 Å². The average molecular weight is 365 g/mol. The zero-order valence-corrected chi connectivity index (χ0v) is 14.8. The number of hydrogen-bond donors (Lipinski definition) is 1. The van der Waals surface area contributed by atoms with Gasteiger partial charge in [0.2, 0.25) is 0 Å². The normalized spacial score (nSPS) is 23.3. The molecule has 21 heavy (non-hydrogen) atoms. The van der Waals surface area contributed by atoms with Crippen molar-refractivity contribution in [3.05, 3.63) is 63.1 Å². The summed E-state index contributed by atoms with van der Waals surface area (Å²) in [5, 5.41) is 4.42. The lowest BCUT2D eigenvalue weighted by molar-refractivity contribution is 0.378. The molecule has 2 aromatic rings. The van der Waals surface area contributed by atoms with Gasteiger partial charge in [0.1, 0.15) is 0 Å². The Balaban J connectivity index is 2.28. The summed E-state index contributed by atoms with van der Waals surface area (Å²) in [5.41, 5.74) is 3.71. The fourth-order valence-electron chi connectivity index (χ4n) is 3.56. The van der Waals surface area contributed by atoms with Crippen LogP contribution in [-0.2, 0) is 5.41 Å². The molecule has 0 radical (unpaired) electrons. The van der Waals surface area contributed by atoms with Gasteiger partial charge in [0.25, 0.3) is 0 Å². The van der Waals surface area contributed by atoms with Crippen LogP contribution in [0.2, 0.25) is 5.02 Å². The van der Waals surface area contributed by atoms with E-state index in [-0.39, 0.29) is 11.0 Å². The predicted molar refractivity (Wildman–Crippen MR) is 94.4 cm³/mol. The molecule has 1 unspecified atom stereocenters. The topological polar surface area (TPSA) is 12.0 Å². The van der Waals surface area contributed by atoms with Gasteiger partial charge in [-0.2, -0.15) is 0 Å². The van der Waals surface area contributed by atoms with E-state index in [1.807, 2.05) is 6.07 Å². The predicted octanol–water partition coefficient (Wildman–Crippen LogP) is 6.00. The summed E-state index contributed by atoms with van der Waals surface area (Å²) in [6.07, 6.45) is 1.02. The van der Waals surface area contributed by atoms with E-state index in [2.05, 4.69) is 78.4 Å². The molecule has 0 bridgehead atoms. The molecule has 1 nitrogen and oxygen atoms in total. The number of rotatable bonds is 1. The van der Waals surface area contributed by atoms with Crippen molar-refractivity contribution in [3.8, 4) is 0 Å². The lowest BCUT2D eigenvalue weighted by Gasteiger charge is -2.46. The van der Waals surface area contributed by atoms with Crippen LogP contribution in [0.5, 0.6) is 0 Å². The van der Waals surface area contributed by atoms with Gasteiger partial charge in [0, 0.05) is 20.4 Å². The highest BCUT2D eigenvalue weighted by Gasteiger charge is 2.42. The number of benzene rings is 2. The minimum atomic E-state index is -0.0568. The minimum absolute atomic E-state index is 0.0218. The highest BCUT2D eigenvalue weighted by Crippen LogP contribution is 2.50. The van der Waals surface area contributed by atoms with E-state index < -0.39 is 0 Å². The third kappa shape index (κ3) is 2.60. The van der Waals surface area contributed by atoms with Crippen molar-refractivity contribution in [2.45, 2.75) is 38.1 Å². The lowest BCUT2D eigenvalue weighted by atomic mass is 9.66. The smallest absolute Gasteiger partial charge is 0.0531 e. The Morgan fingerprint density at radius 3 is 2.43 bits per heavy atom. The first kappa shape index (κ1) is 14.9. The molecule has 2 aromatic carbocycles. The molecule has 0 aromatic heterocycles. The molecule has 1 aliphatic heterocycles. The van der Waals surface area contributed by atoms with Crippen LogP contribution < -0.4 is 5.32 Å². The first-order chi connectivity index (χ1) is 9.82. The molecular formula is C18H19BrClN. The van der Waals surface area contributed by atoms with Crippen LogP contribution in [0.25, 0.3) is 0 Å². The zero-order valence-electron chi connectivity index (χ0n) is 12.5. The first-order valence-electron chi connectivity index (χ1n) is 7.15. The second-order valence-electron chi connectivity index (χ2n) is 6.69. The third-order valence-electron chi connectivity index (χ3n) is 4.32. The van der Waals surface area contributed by atoms with Crippen molar-refractivity contribution in [2.75, 3.05) is 5.32 Å². The number of halogens is 2. The van der Waals surface area contributed by atoms with Crippen molar-refractivity contribution in [2.24, 2.45) is 0 Å². The third-order valence-corrected chi connectivity index (χ3v) is 5.16.